The van der Waals surface area contributed by atoms with E-state index in [-0.39, 0.29) is 6.42 Å². The van der Waals surface area contributed by atoms with Gasteiger partial charge in [0, 0.05) is 0 Å². The van der Waals surface area contributed by atoms with Crippen LogP contribution in [0.25, 0.3) is 0 Å². The molecule has 2 aromatic carbocycles. The van der Waals surface area contributed by atoms with Gasteiger partial charge in [-0.1, -0.05) is 42.5 Å². The molecular weight excluding hydrogens is 254 g/mol. The van der Waals surface area contributed by atoms with E-state index in [1.54, 1.807) is 24.3 Å². The Morgan fingerprint density at radius 1 is 1.15 bits per heavy atom. The third-order valence-corrected chi connectivity index (χ3v) is 2.84. The molecule has 0 aromatic heterocycles. The molecule has 0 aliphatic carbocycles. The zero-order valence-electron chi connectivity index (χ0n) is 12.0. The highest BCUT2D eigenvalue weighted by Gasteiger charge is 2.11. The second-order valence-electron chi connectivity index (χ2n) is 4.43. The summed E-state index contributed by atoms with van der Waals surface area (Å²) < 4.78 is 13.1. The number of nitrogens with two attached hydrogens (primary N) is 1. The number of ether oxygens (including phenoxy) is 1. The van der Waals surface area contributed by atoms with Crippen molar-refractivity contribution < 1.29 is 16.0 Å². The van der Waals surface area contributed by atoms with Crippen LogP contribution < -0.4 is 10.5 Å². The van der Waals surface area contributed by atoms with Crippen molar-refractivity contribution in [2.75, 3.05) is 0 Å². The summed E-state index contributed by atoms with van der Waals surface area (Å²) in [5, 5.41) is 8.83. The van der Waals surface area contributed by atoms with Crippen LogP contribution in [0.4, 0.5) is 0 Å². The number of carbonyl (C=O) groups is 1. The fourth-order valence-electron chi connectivity index (χ4n) is 1.74. The van der Waals surface area contributed by atoms with Crippen LogP contribution in [0, 0.1) is 0 Å². The van der Waals surface area contributed by atoms with Crippen molar-refractivity contribution in [3.8, 4) is 5.75 Å². The normalized spacial score (nSPS) is 14.2. The topological polar surface area (TPSA) is 72.5 Å². The molecule has 2 aromatic rings. The molecule has 0 amide bonds. The van der Waals surface area contributed by atoms with Crippen LogP contribution in [0.3, 0.4) is 0 Å². The Kier molecular flexibility index (Phi) is 4.27. The van der Waals surface area contributed by atoms with Crippen molar-refractivity contribution in [1.29, 1.82) is 0 Å². The average molecular weight is 272 g/mol. The number of rotatable bonds is 6. The summed E-state index contributed by atoms with van der Waals surface area (Å²) >= 11 is 0. The summed E-state index contributed by atoms with van der Waals surface area (Å²) in [6.07, 6.45) is -0.0543. The van der Waals surface area contributed by atoms with E-state index in [0.29, 0.717) is 17.9 Å². The third kappa shape index (κ3) is 4.10. The molecule has 0 fully saturated rings. The summed E-state index contributed by atoms with van der Waals surface area (Å²) in [5.41, 5.74) is 7.15. The molecule has 0 unspecified atom stereocenters. The van der Waals surface area contributed by atoms with E-state index in [4.69, 9.17) is 16.9 Å². The molecule has 104 valence electrons. The minimum atomic E-state index is -2.01. The lowest BCUT2D eigenvalue weighted by Gasteiger charge is -2.09. The number of benzene rings is 2. The fraction of sp³-hybridized carbons (Fsp3) is 0.188. The number of hydrogen-bond donors (Lipinski definition) is 2. The Morgan fingerprint density at radius 2 is 1.80 bits per heavy atom. The molecule has 0 spiro atoms. The minimum absolute atomic E-state index is 0.0543. The van der Waals surface area contributed by atoms with Crippen molar-refractivity contribution in [2.45, 2.75) is 19.0 Å². The first kappa shape index (κ1) is 12.7. The van der Waals surface area contributed by atoms with Gasteiger partial charge in [0.05, 0.1) is 1.37 Å². The zero-order valence-corrected chi connectivity index (χ0v) is 11.0. The van der Waals surface area contributed by atoms with E-state index in [1.807, 2.05) is 30.3 Å². The first-order valence-corrected chi connectivity index (χ1v) is 6.25. The SMILES string of the molecule is [2H][C@](N)(Cc1ccc(OCc2ccccc2)cc1)C(=O)O. The monoisotopic (exact) mass is 272 g/mol. The fourth-order valence-corrected chi connectivity index (χ4v) is 1.74. The van der Waals surface area contributed by atoms with E-state index in [0.717, 1.165) is 5.56 Å². The van der Waals surface area contributed by atoms with Gasteiger partial charge in [-0.2, -0.15) is 0 Å². The molecule has 0 bridgehead atoms. The first-order chi connectivity index (χ1) is 9.97. The van der Waals surface area contributed by atoms with Crippen LogP contribution >= 0.6 is 0 Å². The quantitative estimate of drug-likeness (QED) is 0.845. The largest absolute Gasteiger partial charge is 0.489 e. The summed E-state index contributed by atoms with van der Waals surface area (Å²) in [4.78, 5) is 10.8. The van der Waals surface area contributed by atoms with E-state index in [2.05, 4.69) is 0 Å². The smallest absolute Gasteiger partial charge is 0.320 e. The van der Waals surface area contributed by atoms with Crippen molar-refractivity contribution in [1.82, 2.24) is 0 Å². The molecule has 3 N–H and O–H groups in total. The standard InChI is InChI=1S/C16H17NO3/c17-15(16(18)19)10-12-6-8-14(9-7-12)20-11-13-4-2-1-3-5-13/h1-9,15H,10-11,17H2,(H,18,19)/t15-/m0/s1/i15D. The Hall–Kier alpha value is -2.33. The van der Waals surface area contributed by atoms with Crippen LogP contribution in [-0.2, 0) is 17.8 Å². The Labute approximate surface area is 119 Å². The molecule has 4 heteroatoms. The maximum atomic E-state index is 10.8. The molecule has 0 aliphatic heterocycles. The number of hydrogen-bond acceptors (Lipinski definition) is 3. The van der Waals surface area contributed by atoms with Gasteiger partial charge in [0.1, 0.15) is 18.4 Å². The lowest BCUT2D eigenvalue weighted by Crippen LogP contribution is -2.32. The summed E-state index contributed by atoms with van der Waals surface area (Å²) in [7, 11) is 0. The van der Waals surface area contributed by atoms with Gasteiger partial charge in [-0.05, 0) is 29.7 Å². The summed E-state index contributed by atoms with van der Waals surface area (Å²) in [6, 6.07) is 14.7. The van der Waals surface area contributed by atoms with E-state index >= 15 is 0 Å². The minimum Gasteiger partial charge on any atom is -0.489 e. The highest BCUT2D eigenvalue weighted by molar-refractivity contribution is 5.73. The average Bonchev–Trinajstić information content (AvgIpc) is 2.47. The summed E-state index contributed by atoms with van der Waals surface area (Å²) in [6.45, 7) is 0.467. The van der Waals surface area contributed by atoms with Gasteiger partial charge in [-0.15, -0.1) is 0 Å². The number of carboxylic acids is 1. The van der Waals surface area contributed by atoms with E-state index in [1.165, 1.54) is 0 Å². The Bertz CT molecular complexity index is 597. The van der Waals surface area contributed by atoms with Gasteiger partial charge in [0.25, 0.3) is 0 Å². The van der Waals surface area contributed by atoms with Crippen LogP contribution in [0.5, 0.6) is 5.75 Å². The lowest BCUT2D eigenvalue weighted by atomic mass is 10.1. The Balaban J connectivity index is 1.95. The number of aliphatic carboxylic acids is 1. The van der Waals surface area contributed by atoms with Gasteiger partial charge in [0.2, 0.25) is 0 Å². The molecule has 1 atom stereocenters. The second-order valence-corrected chi connectivity index (χ2v) is 4.43. The molecular formula is C16H17NO3. The third-order valence-electron chi connectivity index (χ3n) is 2.84. The highest BCUT2D eigenvalue weighted by Crippen LogP contribution is 2.15. The number of carboxylic acid groups (broad SMARTS) is 1. The molecule has 0 aliphatic rings. The molecule has 0 heterocycles. The second kappa shape index (κ2) is 6.73. The van der Waals surface area contributed by atoms with Gasteiger partial charge < -0.3 is 15.6 Å². The molecule has 0 radical (unpaired) electrons. The maximum Gasteiger partial charge on any atom is 0.320 e. The summed E-state index contributed by atoms with van der Waals surface area (Å²) in [5.74, 6) is -0.655. The van der Waals surface area contributed by atoms with E-state index < -0.39 is 12.0 Å². The Morgan fingerprint density at radius 3 is 2.40 bits per heavy atom. The molecule has 0 saturated heterocycles. The van der Waals surface area contributed by atoms with Crippen molar-refractivity contribution >= 4 is 5.97 Å². The van der Waals surface area contributed by atoms with Crippen LogP contribution in [0.1, 0.15) is 12.5 Å². The van der Waals surface area contributed by atoms with Crippen LogP contribution in [0.2, 0.25) is 0 Å². The highest BCUT2D eigenvalue weighted by atomic mass is 16.5. The predicted molar refractivity (Wildman–Crippen MR) is 76.5 cm³/mol. The first-order valence-electron chi connectivity index (χ1n) is 6.75. The lowest BCUT2D eigenvalue weighted by molar-refractivity contribution is -0.138. The van der Waals surface area contributed by atoms with Crippen molar-refractivity contribution in [3.05, 3.63) is 65.7 Å². The molecule has 2 rings (SSSR count). The van der Waals surface area contributed by atoms with Gasteiger partial charge in [-0.25, -0.2) is 0 Å². The van der Waals surface area contributed by atoms with Crippen molar-refractivity contribution in [3.63, 3.8) is 0 Å². The molecule has 4 nitrogen and oxygen atoms in total. The molecule has 0 saturated carbocycles. The predicted octanol–water partition coefficient (Wildman–Crippen LogP) is 2.22. The van der Waals surface area contributed by atoms with Crippen molar-refractivity contribution in [2.24, 2.45) is 5.73 Å². The molecule has 20 heavy (non-hydrogen) atoms. The van der Waals surface area contributed by atoms with Gasteiger partial charge in [-0.3, -0.25) is 4.79 Å². The van der Waals surface area contributed by atoms with E-state index in [9.17, 15) is 4.79 Å². The van der Waals surface area contributed by atoms with Gasteiger partial charge >= 0.3 is 5.97 Å². The van der Waals surface area contributed by atoms with Crippen LogP contribution in [0.15, 0.2) is 54.6 Å². The zero-order chi connectivity index (χ0) is 15.3. The van der Waals surface area contributed by atoms with Gasteiger partial charge in [0.15, 0.2) is 0 Å². The van der Waals surface area contributed by atoms with Crippen LogP contribution in [-0.4, -0.2) is 17.1 Å². The maximum absolute atomic E-state index is 10.8.